The van der Waals surface area contributed by atoms with Gasteiger partial charge in [-0.25, -0.2) is 0 Å². The van der Waals surface area contributed by atoms with Crippen molar-refractivity contribution in [3.63, 3.8) is 0 Å². The highest BCUT2D eigenvalue weighted by Gasteiger charge is 2.37. The van der Waals surface area contributed by atoms with Gasteiger partial charge in [0.15, 0.2) is 0 Å². The number of rotatable bonds is 6. The van der Waals surface area contributed by atoms with E-state index in [1.807, 2.05) is 12.3 Å². The van der Waals surface area contributed by atoms with Crippen LogP contribution in [0.3, 0.4) is 0 Å². The van der Waals surface area contributed by atoms with Crippen molar-refractivity contribution in [2.45, 2.75) is 32.7 Å². The van der Waals surface area contributed by atoms with Crippen LogP contribution in [0.25, 0.3) is 0 Å². The highest BCUT2D eigenvalue weighted by molar-refractivity contribution is 9.09. The maximum absolute atomic E-state index is 4.41. The number of halogens is 1. The van der Waals surface area contributed by atoms with Crippen molar-refractivity contribution in [1.82, 2.24) is 9.88 Å². The summed E-state index contributed by atoms with van der Waals surface area (Å²) in [6.07, 6.45) is 6.02. The number of nitrogens with zero attached hydrogens (tertiary/aromatic N) is 2. The lowest BCUT2D eigenvalue weighted by molar-refractivity contribution is 0.0894. The highest BCUT2D eigenvalue weighted by Crippen LogP contribution is 2.43. The fraction of sp³-hybridized carbons (Fsp3) is 0.643. The molecule has 0 bridgehead atoms. The van der Waals surface area contributed by atoms with E-state index in [4.69, 9.17) is 0 Å². The summed E-state index contributed by atoms with van der Waals surface area (Å²) in [5.74, 6) is 0. The van der Waals surface area contributed by atoms with Crippen molar-refractivity contribution in [2.24, 2.45) is 5.41 Å². The van der Waals surface area contributed by atoms with Crippen LogP contribution in [0.1, 0.15) is 31.9 Å². The fourth-order valence-electron chi connectivity index (χ4n) is 2.49. The van der Waals surface area contributed by atoms with Crippen molar-refractivity contribution in [3.05, 3.63) is 30.1 Å². The third kappa shape index (κ3) is 3.29. The van der Waals surface area contributed by atoms with Gasteiger partial charge in [-0.1, -0.05) is 35.3 Å². The summed E-state index contributed by atoms with van der Waals surface area (Å²) in [6.45, 7) is 5.52. The zero-order valence-electron chi connectivity index (χ0n) is 10.5. The largest absolute Gasteiger partial charge is 0.297 e. The van der Waals surface area contributed by atoms with Gasteiger partial charge in [0.25, 0.3) is 0 Å². The molecule has 0 saturated heterocycles. The van der Waals surface area contributed by atoms with Gasteiger partial charge in [0.1, 0.15) is 0 Å². The summed E-state index contributed by atoms with van der Waals surface area (Å²) in [6, 6.07) is 6.16. The molecule has 2 nitrogen and oxygen atoms in total. The van der Waals surface area contributed by atoms with Crippen LogP contribution in [0.15, 0.2) is 24.4 Å². The summed E-state index contributed by atoms with van der Waals surface area (Å²) in [5, 5.41) is 1.14. The van der Waals surface area contributed by atoms with Crippen LogP contribution < -0.4 is 0 Å². The number of hydrogen-bond donors (Lipinski definition) is 0. The van der Waals surface area contributed by atoms with Gasteiger partial charge < -0.3 is 0 Å². The molecule has 1 fully saturated rings. The molecule has 0 amide bonds. The lowest BCUT2D eigenvalue weighted by Gasteiger charge is -2.43. The molecule has 1 aromatic heterocycles. The quantitative estimate of drug-likeness (QED) is 0.747. The molecule has 3 heteroatoms. The van der Waals surface area contributed by atoms with Crippen molar-refractivity contribution < 1.29 is 0 Å². The maximum atomic E-state index is 4.41. The summed E-state index contributed by atoms with van der Waals surface area (Å²) >= 11 is 3.68. The normalized spacial score (nSPS) is 18.1. The Kier molecular flexibility index (Phi) is 4.57. The van der Waals surface area contributed by atoms with Crippen LogP contribution in [0.5, 0.6) is 0 Å². The molecule has 0 unspecified atom stereocenters. The first-order valence-electron chi connectivity index (χ1n) is 6.46. The Morgan fingerprint density at radius 3 is 2.71 bits per heavy atom. The van der Waals surface area contributed by atoms with Crippen molar-refractivity contribution in [1.29, 1.82) is 0 Å². The molecule has 1 saturated carbocycles. The Hall–Kier alpha value is -0.410. The predicted molar refractivity (Wildman–Crippen MR) is 75.3 cm³/mol. The molecule has 1 aliphatic carbocycles. The Morgan fingerprint density at radius 1 is 1.41 bits per heavy atom. The topological polar surface area (TPSA) is 16.1 Å². The average Bonchev–Trinajstić information content (AvgIpc) is 2.33. The van der Waals surface area contributed by atoms with E-state index in [-0.39, 0.29) is 0 Å². The molecule has 17 heavy (non-hydrogen) atoms. The minimum Gasteiger partial charge on any atom is -0.297 e. The van der Waals surface area contributed by atoms with Gasteiger partial charge >= 0.3 is 0 Å². The standard InChI is InChI=1S/C14H21BrN2/c1-2-17(10-13-6-3-4-9-16-13)12-14(11-15)7-5-8-14/h3-4,6,9H,2,5,7-8,10-12H2,1H3. The van der Waals surface area contributed by atoms with Crippen LogP contribution in [0, 0.1) is 5.41 Å². The maximum Gasteiger partial charge on any atom is 0.0543 e. The van der Waals surface area contributed by atoms with Crippen LogP contribution in [0.2, 0.25) is 0 Å². The number of hydrogen-bond acceptors (Lipinski definition) is 2. The molecular formula is C14H21BrN2. The number of pyridine rings is 1. The summed E-state index contributed by atoms with van der Waals surface area (Å²) in [4.78, 5) is 6.93. The molecule has 94 valence electrons. The first-order valence-corrected chi connectivity index (χ1v) is 7.58. The molecule has 0 radical (unpaired) electrons. The van der Waals surface area contributed by atoms with Gasteiger partial charge in [-0.2, -0.15) is 0 Å². The molecule has 2 rings (SSSR count). The van der Waals surface area contributed by atoms with E-state index >= 15 is 0 Å². The Balaban J connectivity index is 1.93. The van der Waals surface area contributed by atoms with Crippen molar-refractivity contribution in [2.75, 3.05) is 18.4 Å². The van der Waals surface area contributed by atoms with Crippen LogP contribution >= 0.6 is 15.9 Å². The van der Waals surface area contributed by atoms with Crippen molar-refractivity contribution in [3.8, 4) is 0 Å². The lowest BCUT2D eigenvalue weighted by Crippen LogP contribution is -2.43. The molecule has 0 N–H and O–H groups in total. The van der Waals surface area contributed by atoms with Gasteiger partial charge in [0, 0.05) is 24.6 Å². The van der Waals surface area contributed by atoms with E-state index in [1.54, 1.807) is 0 Å². The van der Waals surface area contributed by atoms with Gasteiger partial charge in [0.05, 0.1) is 5.69 Å². The average molecular weight is 297 g/mol. The van der Waals surface area contributed by atoms with Crippen molar-refractivity contribution >= 4 is 15.9 Å². The molecule has 0 aromatic carbocycles. The second kappa shape index (κ2) is 5.96. The molecule has 1 aromatic rings. The molecule has 1 aliphatic rings. The highest BCUT2D eigenvalue weighted by atomic mass is 79.9. The summed E-state index contributed by atoms with van der Waals surface area (Å²) in [5.41, 5.74) is 1.71. The SMILES string of the molecule is CCN(Cc1ccccn1)CC1(CBr)CCC1. The molecule has 1 heterocycles. The van der Waals surface area contributed by atoms with Gasteiger partial charge in [-0.3, -0.25) is 9.88 Å². The molecule has 0 spiro atoms. The van der Waals surface area contributed by atoms with E-state index in [0.29, 0.717) is 5.41 Å². The van der Waals surface area contributed by atoms with Gasteiger partial charge in [-0.15, -0.1) is 0 Å². The second-order valence-corrected chi connectivity index (χ2v) is 5.67. The zero-order valence-corrected chi connectivity index (χ0v) is 12.1. The Morgan fingerprint density at radius 2 is 2.24 bits per heavy atom. The van der Waals surface area contributed by atoms with Gasteiger partial charge in [-0.05, 0) is 36.9 Å². The van der Waals surface area contributed by atoms with Gasteiger partial charge in [0.2, 0.25) is 0 Å². The third-order valence-corrected chi connectivity index (χ3v) is 5.01. The molecule has 0 aliphatic heterocycles. The first kappa shape index (κ1) is 13.0. The lowest BCUT2D eigenvalue weighted by atomic mass is 9.70. The van der Waals surface area contributed by atoms with E-state index in [0.717, 1.165) is 18.4 Å². The predicted octanol–water partition coefficient (Wildman–Crippen LogP) is 3.47. The third-order valence-electron chi connectivity index (χ3n) is 3.82. The second-order valence-electron chi connectivity index (χ2n) is 5.11. The molecule has 0 atom stereocenters. The monoisotopic (exact) mass is 296 g/mol. The summed E-state index contributed by atoms with van der Waals surface area (Å²) in [7, 11) is 0. The van der Waals surface area contributed by atoms with E-state index in [1.165, 1.54) is 31.5 Å². The van der Waals surface area contributed by atoms with E-state index in [2.05, 4.69) is 44.9 Å². The van der Waals surface area contributed by atoms with Crippen LogP contribution in [-0.4, -0.2) is 28.3 Å². The zero-order chi connectivity index (χ0) is 12.1. The smallest absolute Gasteiger partial charge is 0.0543 e. The number of aromatic nitrogens is 1. The molecular weight excluding hydrogens is 276 g/mol. The summed E-state index contributed by atoms with van der Waals surface area (Å²) < 4.78 is 0. The number of alkyl halides is 1. The fourth-order valence-corrected chi connectivity index (χ4v) is 3.22. The Labute approximate surface area is 113 Å². The minimum atomic E-state index is 0.533. The Bertz CT molecular complexity index is 330. The first-order chi connectivity index (χ1) is 8.28. The van der Waals surface area contributed by atoms with E-state index in [9.17, 15) is 0 Å². The van der Waals surface area contributed by atoms with Crippen LogP contribution in [0.4, 0.5) is 0 Å². The minimum absolute atomic E-state index is 0.533. The van der Waals surface area contributed by atoms with E-state index < -0.39 is 0 Å². The van der Waals surface area contributed by atoms with Crippen LogP contribution in [-0.2, 0) is 6.54 Å².